The lowest BCUT2D eigenvalue weighted by atomic mass is 10.0. The van der Waals surface area contributed by atoms with Crippen LogP contribution in [0.25, 0.3) is 0 Å². The van der Waals surface area contributed by atoms with Crippen molar-refractivity contribution in [2.24, 2.45) is 0 Å². The predicted octanol–water partition coefficient (Wildman–Crippen LogP) is 11.3. The minimum absolute atomic E-state index is 0.0793. The smallest absolute Gasteiger partial charge is 0.193 e. The Balaban J connectivity index is 0.000000232. The number of anilines is 6. The molecule has 0 fully saturated rings. The minimum Gasteiger partial charge on any atom is -0.497 e. The van der Waals surface area contributed by atoms with Gasteiger partial charge in [-0.3, -0.25) is 9.78 Å². The SMILES string of the molecule is COc1ccc(N(c2ccccc2)c2ccc(N(c3ccccc3)c3ccncc3)cc2)cc1.Cc1ccc(C(=O)c2ccccc2)cc1. The Labute approximate surface area is 288 Å². The lowest BCUT2D eigenvalue weighted by Gasteiger charge is -2.28. The van der Waals surface area contributed by atoms with Gasteiger partial charge in [0, 0.05) is 57.6 Å². The van der Waals surface area contributed by atoms with E-state index in [0.717, 1.165) is 51.0 Å². The van der Waals surface area contributed by atoms with Crippen LogP contribution in [-0.2, 0) is 0 Å². The van der Waals surface area contributed by atoms with Crippen molar-refractivity contribution >= 4 is 39.9 Å². The molecule has 5 heteroatoms. The van der Waals surface area contributed by atoms with Crippen LogP contribution in [0.3, 0.4) is 0 Å². The van der Waals surface area contributed by atoms with Gasteiger partial charge in [-0.05, 0) is 91.9 Å². The van der Waals surface area contributed by atoms with Gasteiger partial charge in [0.05, 0.1) is 7.11 Å². The van der Waals surface area contributed by atoms with Crippen LogP contribution in [0.1, 0.15) is 21.5 Å². The van der Waals surface area contributed by atoms with Crippen molar-refractivity contribution in [3.05, 3.63) is 205 Å². The van der Waals surface area contributed by atoms with E-state index in [1.54, 1.807) is 7.11 Å². The third-order valence-electron chi connectivity index (χ3n) is 8.00. The van der Waals surface area contributed by atoms with E-state index in [9.17, 15) is 4.79 Å². The Morgan fingerprint density at radius 1 is 0.449 bits per heavy atom. The van der Waals surface area contributed by atoms with Crippen molar-refractivity contribution in [1.29, 1.82) is 0 Å². The quantitative estimate of drug-likeness (QED) is 0.147. The van der Waals surface area contributed by atoms with E-state index in [1.165, 1.54) is 5.56 Å². The van der Waals surface area contributed by atoms with Crippen molar-refractivity contribution in [3.63, 3.8) is 0 Å². The van der Waals surface area contributed by atoms with Gasteiger partial charge in [-0.2, -0.15) is 0 Å². The maximum Gasteiger partial charge on any atom is 0.193 e. The van der Waals surface area contributed by atoms with E-state index in [0.29, 0.717) is 0 Å². The Morgan fingerprint density at radius 2 is 0.816 bits per heavy atom. The van der Waals surface area contributed by atoms with E-state index in [4.69, 9.17) is 4.74 Å². The second kappa shape index (κ2) is 15.9. The van der Waals surface area contributed by atoms with Gasteiger partial charge in [0.15, 0.2) is 5.78 Å². The summed E-state index contributed by atoms with van der Waals surface area (Å²) in [6.45, 7) is 2.01. The number of hydrogen-bond donors (Lipinski definition) is 0. The fourth-order valence-corrected chi connectivity index (χ4v) is 5.48. The summed E-state index contributed by atoms with van der Waals surface area (Å²) in [7, 11) is 1.68. The summed E-state index contributed by atoms with van der Waals surface area (Å²) in [6.07, 6.45) is 3.64. The van der Waals surface area contributed by atoms with Gasteiger partial charge < -0.3 is 14.5 Å². The first-order valence-corrected chi connectivity index (χ1v) is 16.1. The van der Waals surface area contributed by atoms with Crippen LogP contribution >= 0.6 is 0 Å². The number of aryl methyl sites for hydroxylation is 1. The first-order chi connectivity index (χ1) is 24.1. The van der Waals surface area contributed by atoms with Gasteiger partial charge in [-0.25, -0.2) is 0 Å². The molecule has 1 aromatic heterocycles. The van der Waals surface area contributed by atoms with E-state index in [1.807, 2.05) is 110 Å². The molecule has 0 bridgehead atoms. The number of benzene rings is 6. The van der Waals surface area contributed by atoms with Gasteiger partial charge in [0.1, 0.15) is 5.75 Å². The molecule has 7 aromatic rings. The summed E-state index contributed by atoms with van der Waals surface area (Å²) in [4.78, 5) is 20.6. The number of methoxy groups -OCH3 is 1. The van der Waals surface area contributed by atoms with Crippen molar-refractivity contribution in [2.75, 3.05) is 16.9 Å². The Hall–Kier alpha value is -6.46. The third-order valence-corrected chi connectivity index (χ3v) is 8.00. The highest BCUT2D eigenvalue weighted by Gasteiger charge is 2.16. The average Bonchev–Trinajstić information content (AvgIpc) is 3.18. The molecule has 0 N–H and O–H groups in total. The molecule has 6 aromatic carbocycles. The molecule has 1 heterocycles. The van der Waals surface area contributed by atoms with Crippen LogP contribution in [0, 0.1) is 6.92 Å². The molecule has 0 radical (unpaired) electrons. The van der Waals surface area contributed by atoms with Crippen LogP contribution in [0.15, 0.2) is 188 Å². The molecule has 0 saturated heterocycles. The maximum atomic E-state index is 12.0. The molecule has 0 amide bonds. The summed E-state index contributed by atoms with van der Waals surface area (Å²) in [5.41, 5.74) is 9.10. The normalized spacial score (nSPS) is 10.3. The summed E-state index contributed by atoms with van der Waals surface area (Å²) in [5.74, 6) is 0.915. The summed E-state index contributed by atoms with van der Waals surface area (Å²) in [5, 5.41) is 0. The number of aromatic nitrogens is 1. The van der Waals surface area contributed by atoms with Crippen molar-refractivity contribution in [2.45, 2.75) is 6.92 Å². The average molecular weight is 640 g/mol. The molecule has 0 atom stereocenters. The molecule has 0 aliphatic heterocycles. The number of nitrogens with zero attached hydrogens (tertiary/aromatic N) is 3. The Bertz CT molecular complexity index is 2000. The molecule has 0 spiro atoms. The van der Waals surface area contributed by atoms with Crippen LogP contribution in [0.2, 0.25) is 0 Å². The topological polar surface area (TPSA) is 45.7 Å². The molecule has 5 nitrogen and oxygen atoms in total. The van der Waals surface area contributed by atoms with Crippen LogP contribution in [0.5, 0.6) is 5.75 Å². The first kappa shape index (κ1) is 32.5. The Kier molecular flexibility index (Phi) is 10.5. The monoisotopic (exact) mass is 639 g/mol. The molecule has 0 aliphatic carbocycles. The number of hydrogen-bond acceptors (Lipinski definition) is 5. The zero-order chi connectivity index (χ0) is 33.8. The highest BCUT2D eigenvalue weighted by molar-refractivity contribution is 6.08. The first-order valence-electron chi connectivity index (χ1n) is 16.1. The second-order valence-corrected chi connectivity index (χ2v) is 11.3. The molecule has 0 unspecified atom stereocenters. The number of ketones is 1. The molecular formula is C44H37N3O2. The molecule has 7 rings (SSSR count). The van der Waals surface area contributed by atoms with E-state index in [2.05, 4.69) is 99.7 Å². The fourth-order valence-electron chi connectivity index (χ4n) is 5.48. The zero-order valence-corrected chi connectivity index (χ0v) is 27.6. The highest BCUT2D eigenvalue weighted by atomic mass is 16.5. The van der Waals surface area contributed by atoms with Crippen LogP contribution in [-0.4, -0.2) is 17.9 Å². The number of carbonyl (C=O) groups is 1. The minimum atomic E-state index is 0.0793. The highest BCUT2D eigenvalue weighted by Crippen LogP contribution is 2.39. The molecule has 240 valence electrons. The lowest BCUT2D eigenvalue weighted by Crippen LogP contribution is -2.12. The molecule has 0 saturated carbocycles. The number of para-hydroxylation sites is 2. The number of rotatable bonds is 9. The number of pyridine rings is 1. The fraction of sp³-hybridized carbons (Fsp3) is 0.0455. The largest absolute Gasteiger partial charge is 0.497 e. The van der Waals surface area contributed by atoms with Crippen molar-refractivity contribution < 1.29 is 9.53 Å². The van der Waals surface area contributed by atoms with Crippen LogP contribution < -0.4 is 14.5 Å². The molecule has 49 heavy (non-hydrogen) atoms. The number of ether oxygens (including phenoxy) is 1. The van der Waals surface area contributed by atoms with Gasteiger partial charge in [0.25, 0.3) is 0 Å². The van der Waals surface area contributed by atoms with Crippen molar-refractivity contribution in [1.82, 2.24) is 4.98 Å². The van der Waals surface area contributed by atoms with E-state index in [-0.39, 0.29) is 5.78 Å². The zero-order valence-electron chi connectivity index (χ0n) is 27.6. The maximum absolute atomic E-state index is 12.0. The number of carbonyl (C=O) groups excluding carboxylic acids is 1. The predicted molar refractivity (Wildman–Crippen MR) is 201 cm³/mol. The molecular weight excluding hydrogens is 603 g/mol. The third kappa shape index (κ3) is 8.10. The lowest BCUT2D eigenvalue weighted by molar-refractivity contribution is 0.103. The van der Waals surface area contributed by atoms with Crippen LogP contribution in [0.4, 0.5) is 34.1 Å². The van der Waals surface area contributed by atoms with E-state index < -0.39 is 0 Å². The second-order valence-electron chi connectivity index (χ2n) is 11.3. The Morgan fingerprint density at radius 3 is 1.27 bits per heavy atom. The summed E-state index contributed by atoms with van der Waals surface area (Å²) >= 11 is 0. The van der Waals surface area contributed by atoms with Gasteiger partial charge >= 0.3 is 0 Å². The van der Waals surface area contributed by atoms with Gasteiger partial charge in [0.2, 0.25) is 0 Å². The standard InChI is InChI=1S/C30H25N3O.C14H12O/c1-34-30-18-16-28(17-19-30)32(24-8-4-2-5-9-24)26-12-14-27(15-13-26)33(25-10-6-3-7-11-25)29-20-22-31-23-21-29;1-11-7-9-13(10-8-11)14(15)12-5-3-2-4-6-12/h2-23H,1H3;2-10H,1H3. The van der Waals surface area contributed by atoms with Gasteiger partial charge in [-0.1, -0.05) is 96.6 Å². The van der Waals surface area contributed by atoms with E-state index >= 15 is 0 Å². The summed E-state index contributed by atoms with van der Waals surface area (Å²) < 4.78 is 5.36. The summed E-state index contributed by atoms with van der Waals surface area (Å²) in [6, 6.07) is 58.5. The van der Waals surface area contributed by atoms with Crippen molar-refractivity contribution in [3.8, 4) is 5.75 Å². The molecule has 0 aliphatic rings. The van der Waals surface area contributed by atoms with Gasteiger partial charge in [-0.15, -0.1) is 0 Å².